The van der Waals surface area contributed by atoms with E-state index in [1.165, 1.54) is 6.20 Å². The van der Waals surface area contributed by atoms with Gasteiger partial charge < -0.3 is 0 Å². The van der Waals surface area contributed by atoms with Crippen LogP contribution < -0.4 is 0 Å². The Morgan fingerprint density at radius 1 is 1.29 bits per heavy atom. The highest BCUT2D eigenvalue weighted by Gasteiger charge is 2.12. The molecule has 0 spiro atoms. The molecule has 0 fully saturated rings. The van der Waals surface area contributed by atoms with E-state index in [2.05, 4.69) is 20.2 Å². The third kappa shape index (κ3) is 1.53. The van der Waals surface area contributed by atoms with Crippen molar-refractivity contribution in [1.29, 1.82) is 0 Å². The monoisotopic (exact) mass is 210 g/mol. The minimum Gasteiger partial charge on any atom is -0.235 e. The summed E-state index contributed by atoms with van der Waals surface area (Å²) in [5, 5.41) is 6.88. The van der Waals surface area contributed by atoms with Crippen molar-refractivity contribution in [2.45, 2.75) is 5.16 Å². The SMILES string of the molecule is CS(=O)(=O)c1nnc2cccnc2n1. The van der Waals surface area contributed by atoms with Crippen molar-refractivity contribution in [2.75, 3.05) is 6.26 Å². The second kappa shape index (κ2) is 2.95. The summed E-state index contributed by atoms with van der Waals surface area (Å²) in [5.74, 6) is 0. The normalized spacial score (nSPS) is 11.8. The molecule has 14 heavy (non-hydrogen) atoms. The second-order valence-electron chi connectivity index (χ2n) is 2.71. The molecule has 0 unspecified atom stereocenters. The van der Waals surface area contributed by atoms with Crippen molar-refractivity contribution in [3.63, 3.8) is 0 Å². The third-order valence-electron chi connectivity index (χ3n) is 1.54. The van der Waals surface area contributed by atoms with Crippen LogP contribution in [0.3, 0.4) is 0 Å². The van der Waals surface area contributed by atoms with Gasteiger partial charge in [0.05, 0.1) is 0 Å². The first-order chi connectivity index (χ1) is 6.57. The van der Waals surface area contributed by atoms with Gasteiger partial charge in [-0.05, 0) is 12.1 Å². The van der Waals surface area contributed by atoms with Crippen LogP contribution in [0, 0.1) is 0 Å². The minimum atomic E-state index is -3.42. The van der Waals surface area contributed by atoms with E-state index in [0.29, 0.717) is 5.52 Å². The molecule has 2 aromatic rings. The Bertz CT molecular complexity index is 581. The highest BCUT2D eigenvalue weighted by molar-refractivity contribution is 7.90. The van der Waals surface area contributed by atoms with Crippen LogP contribution in [0.25, 0.3) is 11.2 Å². The maximum absolute atomic E-state index is 11.1. The molecule has 0 aromatic carbocycles. The van der Waals surface area contributed by atoms with E-state index in [4.69, 9.17) is 0 Å². The van der Waals surface area contributed by atoms with Crippen LogP contribution in [-0.2, 0) is 9.84 Å². The summed E-state index contributed by atoms with van der Waals surface area (Å²) in [6, 6.07) is 3.34. The molecular formula is C7H6N4O2S. The lowest BCUT2D eigenvalue weighted by atomic mass is 10.4. The van der Waals surface area contributed by atoms with Gasteiger partial charge in [0.1, 0.15) is 5.52 Å². The van der Waals surface area contributed by atoms with Gasteiger partial charge in [0.25, 0.3) is 5.16 Å². The first kappa shape index (κ1) is 8.95. The van der Waals surface area contributed by atoms with Crippen molar-refractivity contribution >= 4 is 21.0 Å². The fourth-order valence-electron chi connectivity index (χ4n) is 0.919. The van der Waals surface area contributed by atoms with Crippen LogP contribution in [0.15, 0.2) is 23.5 Å². The van der Waals surface area contributed by atoms with Gasteiger partial charge >= 0.3 is 0 Å². The van der Waals surface area contributed by atoms with E-state index in [9.17, 15) is 8.42 Å². The lowest BCUT2D eigenvalue weighted by molar-refractivity contribution is 0.590. The van der Waals surface area contributed by atoms with Gasteiger partial charge in [-0.2, -0.15) is 4.98 Å². The van der Waals surface area contributed by atoms with Crippen molar-refractivity contribution < 1.29 is 8.42 Å². The van der Waals surface area contributed by atoms with Gasteiger partial charge in [0.15, 0.2) is 5.65 Å². The number of sulfone groups is 1. The highest BCUT2D eigenvalue weighted by atomic mass is 32.2. The molecule has 7 heteroatoms. The van der Waals surface area contributed by atoms with Gasteiger partial charge in [-0.15, -0.1) is 10.2 Å². The zero-order valence-electron chi connectivity index (χ0n) is 7.25. The average molecular weight is 210 g/mol. The Morgan fingerprint density at radius 3 is 2.79 bits per heavy atom. The maximum Gasteiger partial charge on any atom is 0.269 e. The Hall–Kier alpha value is -1.63. The van der Waals surface area contributed by atoms with Crippen molar-refractivity contribution in [2.24, 2.45) is 0 Å². The van der Waals surface area contributed by atoms with Crippen LogP contribution >= 0.6 is 0 Å². The second-order valence-corrected chi connectivity index (χ2v) is 4.62. The lowest BCUT2D eigenvalue weighted by Crippen LogP contribution is -2.06. The molecule has 0 atom stereocenters. The number of rotatable bonds is 1. The highest BCUT2D eigenvalue weighted by Crippen LogP contribution is 2.06. The van der Waals surface area contributed by atoms with E-state index in [1.54, 1.807) is 12.1 Å². The van der Waals surface area contributed by atoms with E-state index in [1.807, 2.05) is 0 Å². The molecule has 0 aliphatic rings. The summed E-state index contributed by atoms with van der Waals surface area (Å²) in [7, 11) is -3.42. The average Bonchev–Trinajstić information content (AvgIpc) is 2.16. The summed E-state index contributed by atoms with van der Waals surface area (Å²) in [5.41, 5.74) is 0.753. The Labute approximate surface area is 80.0 Å². The molecule has 2 rings (SSSR count). The molecule has 0 bridgehead atoms. The van der Waals surface area contributed by atoms with E-state index >= 15 is 0 Å². The number of hydrogen-bond acceptors (Lipinski definition) is 6. The minimum absolute atomic E-state index is 0.280. The fraction of sp³-hybridized carbons (Fsp3) is 0.143. The first-order valence-corrected chi connectivity index (χ1v) is 5.62. The topological polar surface area (TPSA) is 85.7 Å². The predicted molar refractivity (Wildman–Crippen MR) is 48.2 cm³/mol. The summed E-state index contributed by atoms with van der Waals surface area (Å²) in [6.07, 6.45) is 2.54. The van der Waals surface area contributed by atoms with Crippen LogP contribution in [0.2, 0.25) is 0 Å². The summed E-state index contributed by atoms with van der Waals surface area (Å²) < 4.78 is 22.2. The molecule has 6 nitrogen and oxygen atoms in total. The zero-order chi connectivity index (χ0) is 10.2. The van der Waals surface area contributed by atoms with E-state index in [-0.39, 0.29) is 10.8 Å². The molecule has 0 saturated heterocycles. The Balaban J connectivity index is 2.75. The first-order valence-electron chi connectivity index (χ1n) is 3.73. The molecule has 0 aliphatic heterocycles. The largest absolute Gasteiger partial charge is 0.269 e. The van der Waals surface area contributed by atoms with Crippen LogP contribution in [-0.4, -0.2) is 34.8 Å². The lowest BCUT2D eigenvalue weighted by Gasteiger charge is -1.96. The Kier molecular flexibility index (Phi) is 1.88. The number of fused-ring (bicyclic) bond motifs is 1. The third-order valence-corrected chi connectivity index (χ3v) is 2.38. The van der Waals surface area contributed by atoms with E-state index < -0.39 is 9.84 Å². The van der Waals surface area contributed by atoms with Gasteiger partial charge in [-0.25, -0.2) is 13.4 Å². The van der Waals surface area contributed by atoms with Crippen molar-refractivity contribution in [3.05, 3.63) is 18.3 Å². The standard InChI is InChI=1S/C7H6N4O2S/c1-14(12,13)7-9-6-5(10-11-7)3-2-4-8-6/h2-4H,1H3. The zero-order valence-corrected chi connectivity index (χ0v) is 8.06. The number of hydrogen-bond donors (Lipinski definition) is 0. The van der Waals surface area contributed by atoms with Crippen molar-refractivity contribution in [1.82, 2.24) is 20.2 Å². The van der Waals surface area contributed by atoms with Crippen LogP contribution in [0.4, 0.5) is 0 Å². The summed E-state index contributed by atoms with van der Waals surface area (Å²) >= 11 is 0. The molecule has 0 N–H and O–H groups in total. The van der Waals surface area contributed by atoms with Crippen molar-refractivity contribution in [3.8, 4) is 0 Å². The number of aromatic nitrogens is 4. The molecule has 0 amide bonds. The molecule has 2 aromatic heterocycles. The molecule has 0 aliphatic carbocycles. The fourth-order valence-corrected chi connectivity index (χ4v) is 1.36. The van der Waals surface area contributed by atoms with Crippen LogP contribution in [0.1, 0.15) is 0 Å². The molecular weight excluding hydrogens is 204 g/mol. The van der Waals surface area contributed by atoms with E-state index in [0.717, 1.165) is 6.26 Å². The number of pyridine rings is 1. The molecule has 2 heterocycles. The predicted octanol–water partition coefficient (Wildman–Crippen LogP) is -0.177. The maximum atomic E-state index is 11.1. The van der Waals surface area contributed by atoms with Gasteiger partial charge in [-0.3, -0.25) is 0 Å². The summed E-state index contributed by atoms with van der Waals surface area (Å²) in [6.45, 7) is 0. The van der Waals surface area contributed by atoms with Gasteiger partial charge in [-0.1, -0.05) is 0 Å². The quantitative estimate of drug-likeness (QED) is 0.649. The molecule has 72 valence electrons. The molecule has 0 radical (unpaired) electrons. The smallest absolute Gasteiger partial charge is 0.235 e. The van der Waals surface area contributed by atoms with Crippen LogP contribution in [0.5, 0.6) is 0 Å². The van der Waals surface area contributed by atoms with Gasteiger partial charge in [0.2, 0.25) is 9.84 Å². The summed E-state index contributed by atoms with van der Waals surface area (Å²) in [4.78, 5) is 7.65. The van der Waals surface area contributed by atoms with Gasteiger partial charge in [0, 0.05) is 12.5 Å². The number of nitrogens with zero attached hydrogens (tertiary/aromatic N) is 4. The molecule has 0 saturated carbocycles. The Morgan fingerprint density at radius 2 is 2.07 bits per heavy atom.